The first kappa shape index (κ1) is 17.3. The predicted molar refractivity (Wildman–Crippen MR) is 97.1 cm³/mol. The molecule has 0 spiro atoms. The van der Waals surface area contributed by atoms with Crippen molar-refractivity contribution < 1.29 is 9.59 Å². The quantitative estimate of drug-likeness (QED) is 0.609. The van der Waals surface area contributed by atoms with E-state index in [4.69, 9.17) is 0 Å². The number of aryl methyl sites for hydroxylation is 1. The van der Waals surface area contributed by atoms with Crippen LogP contribution in [0.3, 0.4) is 0 Å². The van der Waals surface area contributed by atoms with Gasteiger partial charge in [-0.05, 0) is 23.6 Å². The number of benzene rings is 1. The fraction of sp³-hybridized carbons (Fsp3) is 0.158. The van der Waals surface area contributed by atoms with Crippen LogP contribution in [0.25, 0.3) is 0 Å². The highest BCUT2D eigenvalue weighted by Crippen LogP contribution is 2.15. The number of pyridine rings is 1. The van der Waals surface area contributed by atoms with Gasteiger partial charge in [0, 0.05) is 24.9 Å². The highest BCUT2D eigenvalue weighted by atomic mass is 16.2. The number of carbonyl (C=O) groups excluding carboxylic acids is 2. The second kappa shape index (κ2) is 8.57. The number of carbonyl (C=O) groups is 2. The Hall–Kier alpha value is -3.48. The molecule has 3 aromatic rings. The lowest BCUT2D eigenvalue weighted by Gasteiger charge is -2.18. The molecule has 0 unspecified atom stereocenters. The first-order valence-corrected chi connectivity index (χ1v) is 8.26. The molecule has 0 bridgehead atoms. The van der Waals surface area contributed by atoms with E-state index in [9.17, 15) is 9.59 Å². The first-order chi connectivity index (χ1) is 12.7. The number of anilines is 1. The monoisotopic (exact) mass is 349 g/mol. The van der Waals surface area contributed by atoms with Crippen LogP contribution in [-0.2, 0) is 16.0 Å². The third-order valence-electron chi connectivity index (χ3n) is 3.82. The molecular formula is C19H19N5O2. The lowest BCUT2D eigenvalue weighted by atomic mass is 10.1. The van der Waals surface area contributed by atoms with Gasteiger partial charge in [0.15, 0.2) is 0 Å². The maximum Gasteiger partial charge on any atom is 0.252 e. The maximum absolute atomic E-state index is 12.6. The zero-order valence-corrected chi connectivity index (χ0v) is 14.1. The van der Waals surface area contributed by atoms with Crippen LogP contribution in [0.4, 0.5) is 5.82 Å². The molecule has 0 aliphatic rings. The van der Waals surface area contributed by atoms with Crippen LogP contribution in [0.5, 0.6) is 0 Å². The van der Waals surface area contributed by atoms with Crippen molar-refractivity contribution in [3.63, 3.8) is 0 Å². The van der Waals surface area contributed by atoms with E-state index in [2.05, 4.69) is 25.8 Å². The van der Waals surface area contributed by atoms with E-state index >= 15 is 0 Å². The summed E-state index contributed by atoms with van der Waals surface area (Å²) >= 11 is 0. The van der Waals surface area contributed by atoms with Gasteiger partial charge in [-0.25, -0.2) is 0 Å². The Balaban J connectivity index is 1.67. The largest absolute Gasteiger partial charge is 0.341 e. The summed E-state index contributed by atoms with van der Waals surface area (Å²) in [5, 5.41) is 12.0. The molecular weight excluding hydrogens is 330 g/mol. The van der Waals surface area contributed by atoms with Crippen molar-refractivity contribution in [1.29, 1.82) is 0 Å². The molecule has 0 aliphatic carbocycles. The molecule has 0 fully saturated rings. The molecule has 0 saturated heterocycles. The summed E-state index contributed by atoms with van der Waals surface area (Å²) in [6, 6.07) is 13.7. The summed E-state index contributed by atoms with van der Waals surface area (Å²) in [4.78, 5) is 29.0. The molecule has 3 N–H and O–H groups in total. The van der Waals surface area contributed by atoms with Crippen LogP contribution >= 0.6 is 0 Å². The summed E-state index contributed by atoms with van der Waals surface area (Å²) in [5.74, 6) is -0.0711. The van der Waals surface area contributed by atoms with Crippen molar-refractivity contribution in [3.8, 4) is 0 Å². The SMILES string of the molecule is O=C(CCc1cccnc1)N[C@@H](C(=O)Nc1ccn[nH]1)c1ccccc1. The van der Waals surface area contributed by atoms with Gasteiger partial charge >= 0.3 is 0 Å². The number of nitrogens with one attached hydrogen (secondary N) is 3. The molecule has 0 radical (unpaired) electrons. The van der Waals surface area contributed by atoms with E-state index in [0.29, 0.717) is 17.8 Å². The topological polar surface area (TPSA) is 99.8 Å². The first-order valence-electron chi connectivity index (χ1n) is 8.26. The standard InChI is InChI=1S/C19H19N5O2/c25-17(9-8-14-5-4-11-20-13-14)23-18(15-6-2-1-3-7-15)19(26)22-16-10-12-21-24-16/h1-7,10-13,18H,8-9H2,(H,23,25)(H2,21,22,24,26)/t18-/m1/s1. The molecule has 3 rings (SSSR count). The third-order valence-corrected chi connectivity index (χ3v) is 3.82. The van der Waals surface area contributed by atoms with Gasteiger partial charge in [0.2, 0.25) is 5.91 Å². The second-order valence-electron chi connectivity index (χ2n) is 5.73. The van der Waals surface area contributed by atoms with E-state index < -0.39 is 6.04 Å². The van der Waals surface area contributed by atoms with Gasteiger partial charge in [0.25, 0.3) is 5.91 Å². The zero-order valence-electron chi connectivity index (χ0n) is 14.1. The Morgan fingerprint density at radius 2 is 1.88 bits per heavy atom. The molecule has 26 heavy (non-hydrogen) atoms. The Labute approximate surface area is 150 Å². The second-order valence-corrected chi connectivity index (χ2v) is 5.73. The van der Waals surface area contributed by atoms with Crippen molar-refractivity contribution >= 4 is 17.6 Å². The maximum atomic E-state index is 12.6. The molecule has 132 valence electrons. The van der Waals surface area contributed by atoms with Gasteiger partial charge in [0.1, 0.15) is 11.9 Å². The summed E-state index contributed by atoms with van der Waals surface area (Å²) in [6.07, 6.45) is 5.79. The minimum atomic E-state index is -0.791. The Morgan fingerprint density at radius 3 is 2.58 bits per heavy atom. The van der Waals surface area contributed by atoms with E-state index in [0.717, 1.165) is 5.56 Å². The highest BCUT2D eigenvalue weighted by Gasteiger charge is 2.23. The molecule has 1 aromatic carbocycles. The lowest BCUT2D eigenvalue weighted by molar-refractivity contribution is -0.126. The average molecular weight is 349 g/mol. The molecule has 2 heterocycles. The molecule has 1 atom stereocenters. The molecule has 7 nitrogen and oxygen atoms in total. The smallest absolute Gasteiger partial charge is 0.252 e. The van der Waals surface area contributed by atoms with Crippen LogP contribution in [0.15, 0.2) is 67.1 Å². The third kappa shape index (κ3) is 4.76. The minimum Gasteiger partial charge on any atom is -0.341 e. The fourth-order valence-corrected chi connectivity index (χ4v) is 2.51. The highest BCUT2D eigenvalue weighted by molar-refractivity contribution is 5.97. The predicted octanol–water partition coefficient (Wildman–Crippen LogP) is 2.23. The number of H-pyrrole nitrogens is 1. The normalized spacial score (nSPS) is 11.5. The van der Waals surface area contributed by atoms with Crippen molar-refractivity contribution in [3.05, 3.63) is 78.2 Å². The van der Waals surface area contributed by atoms with Gasteiger partial charge in [-0.2, -0.15) is 5.10 Å². The Bertz CT molecular complexity index is 835. The van der Waals surface area contributed by atoms with E-state index in [1.54, 1.807) is 36.8 Å². The van der Waals surface area contributed by atoms with Gasteiger partial charge in [-0.3, -0.25) is 19.7 Å². The number of amides is 2. The van der Waals surface area contributed by atoms with Crippen molar-refractivity contribution in [2.24, 2.45) is 0 Å². The minimum absolute atomic E-state index is 0.206. The van der Waals surface area contributed by atoms with Gasteiger partial charge in [-0.1, -0.05) is 36.4 Å². The van der Waals surface area contributed by atoms with Crippen molar-refractivity contribution in [2.45, 2.75) is 18.9 Å². The summed E-state index contributed by atoms with van der Waals surface area (Å²) in [7, 11) is 0. The average Bonchev–Trinajstić information content (AvgIpc) is 3.19. The van der Waals surface area contributed by atoms with E-state index in [1.807, 2.05) is 30.3 Å². The summed E-state index contributed by atoms with van der Waals surface area (Å²) in [6.45, 7) is 0. The van der Waals surface area contributed by atoms with Gasteiger partial charge in [0.05, 0.1) is 6.20 Å². The number of hydrogen-bond donors (Lipinski definition) is 3. The van der Waals surface area contributed by atoms with E-state index in [-0.39, 0.29) is 18.2 Å². The molecule has 7 heteroatoms. The number of aromatic nitrogens is 3. The van der Waals surface area contributed by atoms with Crippen molar-refractivity contribution in [1.82, 2.24) is 20.5 Å². The van der Waals surface area contributed by atoms with Crippen LogP contribution < -0.4 is 10.6 Å². The number of nitrogens with zero attached hydrogens (tertiary/aromatic N) is 2. The lowest BCUT2D eigenvalue weighted by Crippen LogP contribution is -2.37. The Morgan fingerprint density at radius 1 is 1.04 bits per heavy atom. The van der Waals surface area contributed by atoms with Crippen LogP contribution in [-0.4, -0.2) is 27.0 Å². The molecule has 0 aliphatic heterocycles. The summed E-state index contributed by atoms with van der Waals surface area (Å²) in [5.41, 5.74) is 1.68. The van der Waals surface area contributed by atoms with Crippen LogP contribution in [0.1, 0.15) is 23.6 Å². The van der Waals surface area contributed by atoms with Crippen LogP contribution in [0, 0.1) is 0 Å². The number of aromatic amines is 1. The zero-order chi connectivity index (χ0) is 18.2. The van der Waals surface area contributed by atoms with E-state index in [1.165, 1.54) is 0 Å². The fourth-order valence-electron chi connectivity index (χ4n) is 2.51. The number of rotatable bonds is 7. The molecule has 2 amide bonds. The Kier molecular flexibility index (Phi) is 5.72. The summed E-state index contributed by atoms with van der Waals surface area (Å²) < 4.78 is 0. The molecule has 2 aromatic heterocycles. The van der Waals surface area contributed by atoms with Crippen LogP contribution in [0.2, 0.25) is 0 Å². The van der Waals surface area contributed by atoms with Gasteiger partial charge in [-0.15, -0.1) is 0 Å². The van der Waals surface area contributed by atoms with Gasteiger partial charge < -0.3 is 10.6 Å². The van der Waals surface area contributed by atoms with Crippen molar-refractivity contribution in [2.75, 3.05) is 5.32 Å². The molecule has 0 saturated carbocycles. The number of hydrogen-bond acceptors (Lipinski definition) is 4.